The second-order valence-corrected chi connectivity index (χ2v) is 5.11. The van der Waals surface area contributed by atoms with Crippen LogP contribution in [0.4, 0.5) is 10.8 Å². The van der Waals surface area contributed by atoms with Gasteiger partial charge in [0.05, 0.1) is 6.54 Å². The van der Waals surface area contributed by atoms with Crippen molar-refractivity contribution in [2.45, 2.75) is 13.0 Å². The molecule has 1 aromatic heterocycles. The first-order valence-electron chi connectivity index (χ1n) is 5.36. The second-order valence-electron chi connectivity index (χ2n) is 3.97. The molecule has 3 nitrogen and oxygen atoms in total. The Morgan fingerprint density at radius 3 is 3.06 bits per heavy atom. The van der Waals surface area contributed by atoms with Crippen molar-refractivity contribution in [3.8, 4) is 0 Å². The predicted octanol–water partition coefficient (Wildman–Crippen LogP) is 2.29. The maximum absolute atomic E-state index is 5.64. The van der Waals surface area contributed by atoms with E-state index in [1.165, 1.54) is 16.1 Å². The molecule has 0 saturated carbocycles. The zero-order valence-corrected chi connectivity index (χ0v) is 9.70. The summed E-state index contributed by atoms with van der Waals surface area (Å²) < 4.78 is 0. The summed E-state index contributed by atoms with van der Waals surface area (Å²) in [6.45, 7) is 2.02. The van der Waals surface area contributed by atoms with E-state index in [2.05, 4.69) is 34.1 Å². The van der Waals surface area contributed by atoms with E-state index >= 15 is 0 Å². The maximum atomic E-state index is 5.64. The van der Waals surface area contributed by atoms with Crippen molar-refractivity contribution in [2.24, 2.45) is 0 Å². The number of anilines is 2. The minimum atomic E-state index is 0.655. The van der Waals surface area contributed by atoms with Crippen LogP contribution in [0.2, 0.25) is 0 Å². The molecule has 0 bridgehead atoms. The highest BCUT2D eigenvalue weighted by atomic mass is 32.1. The summed E-state index contributed by atoms with van der Waals surface area (Å²) in [6.07, 6.45) is 3.02. The molecule has 2 N–H and O–H groups in total. The Hall–Kier alpha value is -1.55. The molecule has 0 aliphatic carbocycles. The quantitative estimate of drug-likeness (QED) is 0.862. The first-order valence-corrected chi connectivity index (χ1v) is 6.17. The first-order chi connectivity index (χ1) is 7.83. The van der Waals surface area contributed by atoms with Gasteiger partial charge in [-0.2, -0.15) is 0 Å². The molecule has 82 valence electrons. The van der Waals surface area contributed by atoms with E-state index in [0.717, 1.165) is 19.5 Å². The van der Waals surface area contributed by atoms with Crippen molar-refractivity contribution in [1.29, 1.82) is 0 Å². The lowest BCUT2D eigenvalue weighted by Crippen LogP contribution is -2.18. The molecule has 0 spiro atoms. The summed E-state index contributed by atoms with van der Waals surface area (Å²) >= 11 is 1.57. The third-order valence-electron chi connectivity index (χ3n) is 2.90. The van der Waals surface area contributed by atoms with Gasteiger partial charge in [0.25, 0.3) is 0 Å². The molecular weight excluding hydrogens is 218 g/mol. The van der Waals surface area contributed by atoms with E-state index in [1.807, 2.05) is 6.20 Å². The van der Waals surface area contributed by atoms with E-state index in [0.29, 0.717) is 5.13 Å². The Morgan fingerprint density at radius 2 is 2.25 bits per heavy atom. The topological polar surface area (TPSA) is 42.1 Å². The fraction of sp³-hybridized carbons (Fsp3) is 0.250. The lowest BCUT2D eigenvalue weighted by atomic mass is 10.2. The molecule has 2 heterocycles. The van der Waals surface area contributed by atoms with E-state index < -0.39 is 0 Å². The maximum Gasteiger partial charge on any atom is 0.180 e. The van der Waals surface area contributed by atoms with Crippen molar-refractivity contribution in [3.63, 3.8) is 0 Å². The lowest BCUT2D eigenvalue weighted by Gasteiger charge is -2.17. The van der Waals surface area contributed by atoms with Crippen molar-refractivity contribution in [2.75, 3.05) is 17.2 Å². The number of rotatable bonds is 2. The van der Waals surface area contributed by atoms with Crippen LogP contribution in [0.25, 0.3) is 0 Å². The van der Waals surface area contributed by atoms with Crippen LogP contribution < -0.4 is 10.6 Å². The highest BCUT2D eigenvalue weighted by molar-refractivity contribution is 7.15. The third-order valence-corrected chi connectivity index (χ3v) is 3.71. The Bertz CT molecular complexity index is 506. The Kier molecular flexibility index (Phi) is 2.29. The van der Waals surface area contributed by atoms with Gasteiger partial charge in [0.2, 0.25) is 0 Å². The molecule has 1 aromatic carbocycles. The molecule has 0 fully saturated rings. The molecule has 0 atom stereocenters. The van der Waals surface area contributed by atoms with Gasteiger partial charge in [-0.05, 0) is 18.1 Å². The number of benzene rings is 1. The van der Waals surface area contributed by atoms with Crippen LogP contribution in [-0.2, 0) is 13.0 Å². The minimum Gasteiger partial charge on any atom is -0.375 e. The smallest absolute Gasteiger partial charge is 0.180 e. The number of aromatic nitrogens is 1. The summed E-state index contributed by atoms with van der Waals surface area (Å²) in [5, 5.41) is 0.655. The van der Waals surface area contributed by atoms with Gasteiger partial charge < -0.3 is 10.6 Å². The number of fused-ring (bicyclic) bond motifs is 1. The van der Waals surface area contributed by atoms with Gasteiger partial charge in [0.15, 0.2) is 5.13 Å². The highest BCUT2D eigenvalue weighted by Crippen LogP contribution is 2.29. The number of nitrogen functional groups attached to an aromatic ring is 1. The molecule has 16 heavy (non-hydrogen) atoms. The van der Waals surface area contributed by atoms with E-state index in [-0.39, 0.29) is 0 Å². The van der Waals surface area contributed by atoms with E-state index in [4.69, 9.17) is 5.73 Å². The van der Waals surface area contributed by atoms with Crippen molar-refractivity contribution in [3.05, 3.63) is 40.9 Å². The van der Waals surface area contributed by atoms with Gasteiger partial charge >= 0.3 is 0 Å². The summed E-state index contributed by atoms with van der Waals surface area (Å²) in [7, 11) is 0. The number of nitrogens with zero attached hydrogens (tertiary/aromatic N) is 2. The molecular formula is C12H13N3S. The molecule has 2 aromatic rings. The lowest BCUT2D eigenvalue weighted by molar-refractivity contribution is 0.844. The molecule has 0 amide bonds. The fourth-order valence-corrected chi connectivity index (χ4v) is 2.85. The Labute approximate surface area is 98.5 Å². The van der Waals surface area contributed by atoms with Crippen LogP contribution in [0.1, 0.15) is 10.4 Å². The summed E-state index contributed by atoms with van der Waals surface area (Å²) in [5.74, 6) is 0. The predicted molar refractivity (Wildman–Crippen MR) is 67.7 cm³/mol. The van der Waals surface area contributed by atoms with Crippen LogP contribution in [0, 0.1) is 0 Å². The van der Waals surface area contributed by atoms with Gasteiger partial charge in [0, 0.05) is 23.3 Å². The number of thiazole rings is 1. The molecule has 3 rings (SSSR count). The van der Waals surface area contributed by atoms with E-state index in [9.17, 15) is 0 Å². The first kappa shape index (κ1) is 9.66. The largest absolute Gasteiger partial charge is 0.375 e. The van der Waals surface area contributed by atoms with Gasteiger partial charge in [-0.1, -0.05) is 18.2 Å². The summed E-state index contributed by atoms with van der Waals surface area (Å²) in [4.78, 5) is 7.71. The van der Waals surface area contributed by atoms with Crippen LogP contribution >= 0.6 is 11.3 Å². The Balaban J connectivity index is 1.83. The van der Waals surface area contributed by atoms with Crippen LogP contribution in [0.5, 0.6) is 0 Å². The number of nitrogens with two attached hydrogens (primary N) is 1. The Morgan fingerprint density at radius 1 is 1.38 bits per heavy atom. The third kappa shape index (κ3) is 1.65. The average Bonchev–Trinajstić information content (AvgIpc) is 2.87. The fourth-order valence-electron chi connectivity index (χ4n) is 2.15. The van der Waals surface area contributed by atoms with Gasteiger partial charge in [0.1, 0.15) is 0 Å². The van der Waals surface area contributed by atoms with Crippen LogP contribution in [-0.4, -0.2) is 11.5 Å². The number of para-hydroxylation sites is 1. The van der Waals surface area contributed by atoms with Gasteiger partial charge in [-0.3, -0.25) is 0 Å². The molecule has 0 saturated heterocycles. The van der Waals surface area contributed by atoms with Crippen molar-refractivity contribution >= 4 is 22.2 Å². The summed E-state index contributed by atoms with van der Waals surface area (Å²) in [6, 6.07) is 8.59. The molecule has 1 aliphatic rings. The number of hydrogen-bond acceptors (Lipinski definition) is 4. The monoisotopic (exact) mass is 231 g/mol. The van der Waals surface area contributed by atoms with Gasteiger partial charge in [-0.25, -0.2) is 4.98 Å². The minimum absolute atomic E-state index is 0.655. The van der Waals surface area contributed by atoms with E-state index in [1.54, 1.807) is 11.3 Å². The second kappa shape index (κ2) is 3.79. The van der Waals surface area contributed by atoms with Gasteiger partial charge in [-0.15, -0.1) is 11.3 Å². The standard InChI is InChI=1S/C12H13N3S/c13-12-14-7-10(16-12)8-15-6-5-9-3-1-2-4-11(9)15/h1-4,7H,5-6,8H2,(H2,13,14). The molecule has 1 aliphatic heterocycles. The van der Waals surface area contributed by atoms with Crippen molar-refractivity contribution in [1.82, 2.24) is 4.98 Å². The molecule has 0 unspecified atom stereocenters. The van der Waals surface area contributed by atoms with Crippen LogP contribution in [0.3, 0.4) is 0 Å². The zero-order chi connectivity index (χ0) is 11.0. The molecule has 0 radical (unpaired) electrons. The highest BCUT2D eigenvalue weighted by Gasteiger charge is 2.18. The van der Waals surface area contributed by atoms with Crippen LogP contribution in [0.15, 0.2) is 30.5 Å². The normalized spacial score (nSPS) is 14.1. The van der Waals surface area contributed by atoms with Crippen molar-refractivity contribution < 1.29 is 0 Å². The number of hydrogen-bond donors (Lipinski definition) is 1. The SMILES string of the molecule is Nc1ncc(CN2CCc3ccccc32)s1. The summed E-state index contributed by atoms with van der Waals surface area (Å²) in [5.41, 5.74) is 8.44. The average molecular weight is 231 g/mol. The zero-order valence-electron chi connectivity index (χ0n) is 8.89. The molecule has 4 heteroatoms.